The molecule has 2 rings (SSSR count). The molecule has 86 valence electrons. The second kappa shape index (κ2) is 7.38. The zero-order chi connectivity index (χ0) is 11.8. The van der Waals surface area contributed by atoms with Gasteiger partial charge in [-0.2, -0.15) is 0 Å². The van der Waals surface area contributed by atoms with Crippen molar-refractivity contribution in [3.8, 4) is 0 Å². The Labute approximate surface area is 91.3 Å². The second-order valence-electron chi connectivity index (χ2n) is 3.60. The molecular formula is C13H20F2. The van der Waals surface area contributed by atoms with Crippen molar-refractivity contribution in [3.05, 3.63) is 35.9 Å². The molecule has 0 aliphatic heterocycles. The first-order chi connectivity index (χ1) is 7.11. The summed E-state index contributed by atoms with van der Waals surface area (Å²) in [6.45, 7) is 8.59. The lowest BCUT2D eigenvalue weighted by Gasteiger charge is -1.85. The molecule has 0 heterocycles. The molecule has 1 fully saturated rings. The second-order valence-corrected chi connectivity index (χ2v) is 3.60. The van der Waals surface area contributed by atoms with Gasteiger partial charge in [-0.3, -0.25) is 0 Å². The van der Waals surface area contributed by atoms with Crippen molar-refractivity contribution < 1.29 is 8.78 Å². The van der Waals surface area contributed by atoms with Crippen LogP contribution >= 0.6 is 0 Å². The molecule has 1 aliphatic rings. The molecule has 2 atom stereocenters. The summed E-state index contributed by atoms with van der Waals surface area (Å²) in [7, 11) is 0. The van der Waals surface area contributed by atoms with Crippen molar-refractivity contribution in [2.75, 3.05) is 0 Å². The first kappa shape index (κ1) is 14.1. The van der Waals surface area contributed by atoms with E-state index in [0.29, 0.717) is 0 Å². The Balaban J connectivity index is 0.000000241. The summed E-state index contributed by atoms with van der Waals surface area (Å²) in [6.07, 6.45) is 1.47. The number of rotatable bonds is 0. The third-order valence-electron chi connectivity index (χ3n) is 2.34. The minimum atomic E-state index is -0.799. The van der Waals surface area contributed by atoms with Crippen LogP contribution in [0.25, 0.3) is 0 Å². The van der Waals surface area contributed by atoms with Crippen molar-refractivity contribution >= 4 is 0 Å². The number of hydrogen-bond acceptors (Lipinski definition) is 0. The Kier molecular flexibility index (Phi) is 6.93. The third-order valence-corrected chi connectivity index (χ3v) is 2.34. The minimum absolute atomic E-state index is 0.799. The van der Waals surface area contributed by atoms with Gasteiger partial charge in [0.15, 0.2) is 11.6 Å². The standard InChI is InChI=1S/C6H4F2.C5H10.C2H6/c7-5-3-1-2-4-6(5)8;1-4-3-5(4)2;1-2/h1-4H;4-5H,3H2,1-2H3;1-2H3/t;4-,5?;/m.1./s1. The van der Waals surface area contributed by atoms with Gasteiger partial charge in [0.2, 0.25) is 0 Å². The summed E-state index contributed by atoms with van der Waals surface area (Å²) in [6, 6.07) is 5.04. The van der Waals surface area contributed by atoms with Crippen LogP contribution in [-0.4, -0.2) is 0 Å². The van der Waals surface area contributed by atoms with Crippen molar-refractivity contribution in [3.63, 3.8) is 0 Å². The predicted molar refractivity (Wildman–Crippen MR) is 60.7 cm³/mol. The van der Waals surface area contributed by atoms with Gasteiger partial charge in [0.1, 0.15) is 0 Å². The number of halogens is 2. The molecule has 1 aromatic carbocycles. The molecule has 15 heavy (non-hydrogen) atoms. The van der Waals surface area contributed by atoms with Crippen LogP contribution in [-0.2, 0) is 0 Å². The van der Waals surface area contributed by atoms with Crippen LogP contribution in [0.2, 0.25) is 0 Å². The van der Waals surface area contributed by atoms with E-state index in [2.05, 4.69) is 13.8 Å². The van der Waals surface area contributed by atoms with Crippen LogP contribution in [0.15, 0.2) is 24.3 Å². The van der Waals surface area contributed by atoms with Crippen LogP contribution in [0.1, 0.15) is 34.1 Å². The van der Waals surface area contributed by atoms with Gasteiger partial charge in [0.05, 0.1) is 0 Å². The fourth-order valence-electron chi connectivity index (χ4n) is 0.947. The monoisotopic (exact) mass is 214 g/mol. The van der Waals surface area contributed by atoms with Gasteiger partial charge in [-0.15, -0.1) is 0 Å². The van der Waals surface area contributed by atoms with Gasteiger partial charge in [0.25, 0.3) is 0 Å². The SMILES string of the molecule is CC.CC1C[C@H]1C.Fc1ccccc1F. The third kappa shape index (κ3) is 6.21. The van der Waals surface area contributed by atoms with E-state index in [0.717, 1.165) is 24.0 Å². The lowest BCUT2D eigenvalue weighted by atomic mass is 10.3. The van der Waals surface area contributed by atoms with Crippen molar-refractivity contribution in [1.82, 2.24) is 0 Å². The van der Waals surface area contributed by atoms with Gasteiger partial charge < -0.3 is 0 Å². The van der Waals surface area contributed by atoms with E-state index in [1.165, 1.54) is 18.6 Å². The molecule has 0 saturated heterocycles. The fraction of sp³-hybridized carbons (Fsp3) is 0.538. The Bertz CT molecular complexity index is 244. The zero-order valence-corrected chi connectivity index (χ0v) is 9.93. The molecule has 0 aromatic heterocycles. The normalized spacial score (nSPS) is 21.7. The predicted octanol–water partition coefficient (Wildman–Crippen LogP) is 4.65. The fourth-order valence-corrected chi connectivity index (χ4v) is 0.947. The smallest absolute Gasteiger partial charge is 0.158 e. The molecule has 0 nitrogen and oxygen atoms in total. The van der Waals surface area contributed by atoms with Crippen LogP contribution in [0.3, 0.4) is 0 Å². The summed E-state index contributed by atoms with van der Waals surface area (Å²) >= 11 is 0. The molecular weight excluding hydrogens is 194 g/mol. The Hall–Kier alpha value is -0.920. The molecule has 0 bridgehead atoms. The van der Waals surface area contributed by atoms with Gasteiger partial charge in [-0.05, 0) is 30.4 Å². The average molecular weight is 214 g/mol. The van der Waals surface area contributed by atoms with Gasteiger partial charge in [-0.25, -0.2) is 8.78 Å². The molecule has 1 aliphatic carbocycles. The Morgan fingerprint density at radius 3 is 1.33 bits per heavy atom. The first-order valence-electron chi connectivity index (χ1n) is 5.51. The van der Waals surface area contributed by atoms with Crippen molar-refractivity contribution in [1.29, 1.82) is 0 Å². The van der Waals surface area contributed by atoms with Crippen LogP contribution < -0.4 is 0 Å². The van der Waals surface area contributed by atoms with Gasteiger partial charge in [-0.1, -0.05) is 39.8 Å². The maximum atomic E-state index is 11.9. The van der Waals surface area contributed by atoms with Crippen molar-refractivity contribution in [2.24, 2.45) is 11.8 Å². The maximum Gasteiger partial charge on any atom is 0.158 e. The largest absolute Gasteiger partial charge is 0.204 e. The van der Waals surface area contributed by atoms with Crippen molar-refractivity contribution in [2.45, 2.75) is 34.1 Å². The summed E-state index contributed by atoms with van der Waals surface area (Å²) in [5.41, 5.74) is 0. The molecule has 0 spiro atoms. The van der Waals surface area contributed by atoms with Crippen LogP contribution in [0.5, 0.6) is 0 Å². The zero-order valence-electron chi connectivity index (χ0n) is 9.93. The number of benzene rings is 1. The summed E-state index contributed by atoms with van der Waals surface area (Å²) in [5, 5.41) is 0. The van der Waals surface area contributed by atoms with Crippen LogP contribution in [0, 0.1) is 23.5 Å². The van der Waals surface area contributed by atoms with Gasteiger partial charge >= 0.3 is 0 Å². The Morgan fingerprint density at radius 2 is 1.20 bits per heavy atom. The molecule has 1 unspecified atom stereocenters. The quantitative estimate of drug-likeness (QED) is 0.589. The molecule has 0 radical (unpaired) electrons. The summed E-state index contributed by atoms with van der Waals surface area (Å²) in [5.74, 6) is 0.505. The first-order valence-corrected chi connectivity index (χ1v) is 5.51. The lowest BCUT2D eigenvalue weighted by Crippen LogP contribution is -1.77. The van der Waals surface area contributed by atoms with Crippen LogP contribution in [0.4, 0.5) is 8.78 Å². The Morgan fingerprint density at radius 1 is 0.933 bits per heavy atom. The van der Waals surface area contributed by atoms with E-state index in [9.17, 15) is 8.78 Å². The highest BCUT2D eigenvalue weighted by Crippen LogP contribution is 2.36. The molecule has 1 aromatic rings. The molecule has 0 N–H and O–H groups in total. The highest BCUT2D eigenvalue weighted by Gasteiger charge is 2.26. The lowest BCUT2D eigenvalue weighted by molar-refractivity contribution is 0.508. The van der Waals surface area contributed by atoms with E-state index in [-0.39, 0.29) is 0 Å². The summed E-state index contributed by atoms with van der Waals surface area (Å²) < 4.78 is 23.9. The highest BCUT2D eigenvalue weighted by atomic mass is 19.2. The van der Waals surface area contributed by atoms with E-state index in [4.69, 9.17) is 0 Å². The summed E-state index contributed by atoms with van der Waals surface area (Å²) in [4.78, 5) is 0. The van der Waals surface area contributed by atoms with E-state index >= 15 is 0 Å². The average Bonchev–Trinajstić information content (AvgIpc) is 2.89. The maximum absolute atomic E-state index is 11.9. The van der Waals surface area contributed by atoms with E-state index in [1.54, 1.807) is 0 Å². The topological polar surface area (TPSA) is 0 Å². The highest BCUT2D eigenvalue weighted by molar-refractivity contribution is 5.05. The molecule has 1 saturated carbocycles. The molecule has 0 amide bonds. The van der Waals surface area contributed by atoms with E-state index < -0.39 is 11.6 Å². The minimum Gasteiger partial charge on any atom is -0.204 e. The van der Waals surface area contributed by atoms with E-state index in [1.807, 2.05) is 13.8 Å². The number of hydrogen-bond donors (Lipinski definition) is 0. The molecule has 2 heteroatoms. The van der Waals surface area contributed by atoms with Gasteiger partial charge in [0, 0.05) is 0 Å².